The van der Waals surface area contributed by atoms with Gasteiger partial charge in [0.2, 0.25) is 0 Å². The van der Waals surface area contributed by atoms with Crippen LogP contribution in [0.15, 0.2) is 21.7 Å². The zero-order valence-corrected chi connectivity index (χ0v) is 13.6. The Morgan fingerprint density at radius 1 is 1.14 bits per heavy atom. The van der Waals surface area contributed by atoms with E-state index >= 15 is 0 Å². The van der Waals surface area contributed by atoms with Gasteiger partial charge >= 0.3 is 0 Å². The predicted octanol–water partition coefficient (Wildman–Crippen LogP) is 3.07. The fourth-order valence-electron chi connectivity index (χ4n) is 2.05. The van der Waals surface area contributed by atoms with Crippen LogP contribution in [0, 0.1) is 18.3 Å². The first-order valence-corrected chi connectivity index (χ1v) is 7.11. The number of benzene rings is 1. The molecule has 114 valence electrons. The molecule has 0 spiro atoms. The van der Waals surface area contributed by atoms with Gasteiger partial charge in [-0.25, -0.2) is 0 Å². The molecule has 0 amide bonds. The summed E-state index contributed by atoms with van der Waals surface area (Å²) < 4.78 is 0. The maximum atomic E-state index is 11.8. The van der Waals surface area contributed by atoms with Crippen LogP contribution in [0.1, 0.15) is 31.9 Å². The third kappa shape index (κ3) is 2.83. The van der Waals surface area contributed by atoms with E-state index < -0.39 is 10.9 Å². The Bertz CT molecular complexity index is 850. The zero-order valence-electron chi connectivity index (χ0n) is 12.8. The Morgan fingerprint density at radius 2 is 1.73 bits per heavy atom. The Balaban J connectivity index is 2.40. The van der Waals surface area contributed by atoms with Crippen LogP contribution >= 0.6 is 11.6 Å². The van der Waals surface area contributed by atoms with E-state index in [0.717, 1.165) is 0 Å². The third-order valence-electron chi connectivity index (χ3n) is 3.18. The maximum absolute atomic E-state index is 11.8. The molecule has 0 atom stereocenters. The normalized spacial score (nSPS) is 11.3. The summed E-state index contributed by atoms with van der Waals surface area (Å²) in [5, 5.41) is 15.2. The topological polar surface area (TPSA) is 82.0 Å². The van der Waals surface area contributed by atoms with Crippen molar-refractivity contribution < 1.29 is 0 Å². The largest absolute Gasteiger partial charge is 0.375 e. The van der Waals surface area contributed by atoms with Crippen LogP contribution in [0.3, 0.4) is 0 Å². The van der Waals surface area contributed by atoms with Gasteiger partial charge in [0.15, 0.2) is 0 Å². The Labute approximate surface area is 133 Å². The van der Waals surface area contributed by atoms with Crippen molar-refractivity contribution in [2.75, 3.05) is 10.6 Å². The standard InChI is InChI=1S/C16H16ClN3O2/c1-8-10(6-5-9(7-18)11(8)17)19-12-13(15(22)14(12)21)20-16(2,3)4/h5-6,19-20H,1-4H3. The molecule has 0 unspecified atom stereocenters. The molecule has 0 bridgehead atoms. The first kappa shape index (κ1) is 16.1. The molecule has 2 aromatic rings. The van der Waals surface area contributed by atoms with E-state index in [0.29, 0.717) is 21.8 Å². The molecule has 0 radical (unpaired) electrons. The van der Waals surface area contributed by atoms with Gasteiger partial charge in [0.25, 0.3) is 10.9 Å². The highest BCUT2D eigenvalue weighted by molar-refractivity contribution is 6.32. The van der Waals surface area contributed by atoms with E-state index in [4.69, 9.17) is 16.9 Å². The van der Waals surface area contributed by atoms with Gasteiger partial charge in [-0.3, -0.25) is 9.59 Å². The number of anilines is 3. The minimum absolute atomic E-state index is 0.226. The lowest BCUT2D eigenvalue weighted by Crippen LogP contribution is -2.41. The lowest BCUT2D eigenvalue weighted by molar-refractivity contribution is 0.632. The maximum Gasteiger partial charge on any atom is 0.253 e. The molecule has 2 aromatic carbocycles. The van der Waals surface area contributed by atoms with Gasteiger partial charge in [0.05, 0.1) is 10.6 Å². The van der Waals surface area contributed by atoms with Gasteiger partial charge in [-0.05, 0) is 45.4 Å². The van der Waals surface area contributed by atoms with Gasteiger partial charge in [-0.15, -0.1) is 0 Å². The number of hydrogen-bond donors (Lipinski definition) is 2. The monoisotopic (exact) mass is 317 g/mol. The summed E-state index contributed by atoms with van der Waals surface area (Å²) in [4.78, 5) is 23.5. The van der Waals surface area contributed by atoms with Crippen LogP contribution in [0.25, 0.3) is 0 Å². The molecule has 0 saturated carbocycles. The summed E-state index contributed by atoms with van der Waals surface area (Å²) in [7, 11) is 0. The second kappa shape index (κ2) is 5.47. The summed E-state index contributed by atoms with van der Waals surface area (Å²) in [5.74, 6) is 0. The average molecular weight is 318 g/mol. The number of nitriles is 1. The molecule has 0 aliphatic rings. The van der Waals surface area contributed by atoms with E-state index in [1.807, 2.05) is 26.8 Å². The number of halogens is 1. The van der Waals surface area contributed by atoms with Gasteiger partial charge in [-0.1, -0.05) is 11.6 Å². The summed E-state index contributed by atoms with van der Waals surface area (Å²) in [6, 6.07) is 5.23. The minimum Gasteiger partial charge on any atom is -0.375 e. The molecule has 5 nitrogen and oxygen atoms in total. The Kier molecular flexibility index (Phi) is 3.99. The number of nitrogens with zero attached hydrogens (tertiary/aromatic N) is 1. The number of nitrogens with one attached hydrogen (secondary N) is 2. The van der Waals surface area contributed by atoms with Crippen LogP contribution in [0.4, 0.5) is 17.1 Å². The zero-order chi connectivity index (χ0) is 16.7. The van der Waals surface area contributed by atoms with Crippen LogP contribution in [0.2, 0.25) is 5.02 Å². The van der Waals surface area contributed by atoms with Crippen molar-refractivity contribution in [3.8, 4) is 6.07 Å². The molecule has 0 heterocycles. The predicted molar refractivity (Wildman–Crippen MR) is 88.9 cm³/mol. The fraction of sp³-hybridized carbons (Fsp3) is 0.312. The Hall–Kier alpha value is -2.32. The number of hydrogen-bond acceptors (Lipinski definition) is 5. The first-order valence-electron chi connectivity index (χ1n) is 6.73. The SMILES string of the molecule is Cc1c(Nc2c(NC(C)(C)C)c(=O)c2=O)ccc(C#N)c1Cl. The van der Waals surface area contributed by atoms with Crippen molar-refractivity contribution in [3.63, 3.8) is 0 Å². The van der Waals surface area contributed by atoms with Crippen LogP contribution < -0.4 is 21.5 Å². The molecule has 0 saturated heterocycles. The van der Waals surface area contributed by atoms with Crippen molar-refractivity contribution in [1.29, 1.82) is 5.26 Å². The van der Waals surface area contributed by atoms with Crippen LogP contribution in [-0.4, -0.2) is 5.54 Å². The lowest BCUT2D eigenvalue weighted by Gasteiger charge is -2.25. The van der Waals surface area contributed by atoms with Crippen molar-refractivity contribution >= 4 is 28.7 Å². The highest BCUT2D eigenvalue weighted by atomic mass is 35.5. The molecule has 6 heteroatoms. The van der Waals surface area contributed by atoms with E-state index in [2.05, 4.69) is 10.6 Å². The van der Waals surface area contributed by atoms with Gasteiger partial charge in [0, 0.05) is 11.2 Å². The van der Waals surface area contributed by atoms with E-state index in [1.54, 1.807) is 19.1 Å². The fourth-order valence-corrected chi connectivity index (χ4v) is 2.25. The van der Waals surface area contributed by atoms with Crippen LogP contribution in [0.5, 0.6) is 0 Å². The Morgan fingerprint density at radius 3 is 2.27 bits per heavy atom. The van der Waals surface area contributed by atoms with Crippen LogP contribution in [-0.2, 0) is 0 Å². The molecular weight excluding hydrogens is 302 g/mol. The molecule has 2 N–H and O–H groups in total. The number of rotatable bonds is 3. The first-order chi connectivity index (χ1) is 10.2. The molecular formula is C16H16ClN3O2. The second-order valence-electron chi connectivity index (χ2n) is 6.12. The summed E-state index contributed by atoms with van der Waals surface area (Å²) in [6.45, 7) is 7.44. The molecule has 0 aliphatic carbocycles. The van der Waals surface area contributed by atoms with Gasteiger partial charge in [-0.2, -0.15) is 5.26 Å². The van der Waals surface area contributed by atoms with Crippen molar-refractivity contribution in [2.24, 2.45) is 0 Å². The summed E-state index contributed by atoms with van der Waals surface area (Å²) in [6.07, 6.45) is 0. The van der Waals surface area contributed by atoms with E-state index in [1.165, 1.54) is 0 Å². The summed E-state index contributed by atoms with van der Waals surface area (Å²) in [5.41, 5.74) is 0.671. The summed E-state index contributed by atoms with van der Waals surface area (Å²) >= 11 is 6.11. The molecule has 2 rings (SSSR count). The van der Waals surface area contributed by atoms with Gasteiger partial charge < -0.3 is 10.6 Å². The lowest BCUT2D eigenvalue weighted by atomic mass is 10.1. The second-order valence-corrected chi connectivity index (χ2v) is 6.50. The van der Waals surface area contributed by atoms with Crippen molar-refractivity contribution in [1.82, 2.24) is 0 Å². The quantitative estimate of drug-likeness (QED) is 0.850. The molecule has 0 fully saturated rings. The van der Waals surface area contributed by atoms with Crippen molar-refractivity contribution in [2.45, 2.75) is 33.2 Å². The van der Waals surface area contributed by atoms with Gasteiger partial charge in [0.1, 0.15) is 17.4 Å². The smallest absolute Gasteiger partial charge is 0.253 e. The highest BCUT2D eigenvalue weighted by Crippen LogP contribution is 2.30. The average Bonchev–Trinajstić information content (AvgIpc) is 2.45. The molecule has 22 heavy (non-hydrogen) atoms. The highest BCUT2D eigenvalue weighted by Gasteiger charge is 2.25. The minimum atomic E-state index is -0.563. The molecule has 0 aromatic heterocycles. The third-order valence-corrected chi connectivity index (χ3v) is 3.66. The van der Waals surface area contributed by atoms with Crippen molar-refractivity contribution in [3.05, 3.63) is 48.7 Å². The van der Waals surface area contributed by atoms with E-state index in [9.17, 15) is 9.59 Å². The van der Waals surface area contributed by atoms with E-state index in [-0.39, 0.29) is 16.9 Å². The molecule has 0 aliphatic heterocycles.